The lowest BCUT2D eigenvalue weighted by atomic mass is 10.2. The van der Waals surface area contributed by atoms with Gasteiger partial charge in [-0.15, -0.1) is 0 Å². The summed E-state index contributed by atoms with van der Waals surface area (Å²) in [6, 6.07) is 13.9. The van der Waals surface area contributed by atoms with Crippen LogP contribution in [0, 0.1) is 0 Å². The maximum absolute atomic E-state index is 5.85. The van der Waals surface area contributed by atoms with Crippen molar-refractivity contribution in [3.63, 3.8) is 0 Å². The van der Waals surface area contributed by atoms with E-state index < -0.39 is 0 Å². The summed E-state index contributed by atoms with van der Waals surface area (Å²) in [4.78, 5) is 4.32. The largest absolute Gasteiger partial charge is 0.492 e. The molecule has 0 aliphatic rings. The van der Waals surface area contributed by atoms with Crippen LogP contribution in [-0.4, -0.2) is 18.1 Å². The molecule has 0 amide bonds. The van der Waals surface area contributed by atoms with Crippen molar-refractivity contribution < 1.29 is 9.15 Å². The van der Waals surface area contributed by atoms with Crippen molar-refractivity contribution in [1.29, 1.82) is 0 Å². The number of fused-ring (bicyclic) bond motifs is 1. The van der Waals surface area contributed by atoms with Gasteiger partial charge in [-0.2, -0.15) is 0 Å². The fourth-order valence-corrected chi connectivity index (χ4v) is 2.28. The van der Waals surface area contributed by atoms with Crippen molar-refractivity contribution in [1.82, 2.24) is 10.3 Å². The first-order valence-corrected chi connectivity index (χ1v) is 7.08. The summed E-state index contributed by atoms with van der Waals surface area (Å²) in [5.74, 6) is 1.80. The minimum absolute atomic E-state index is 0.179. The van der Waals surface area contributed by atoms with Crippen molar-refractivity contribution in [3.05, 3.63) is 60.7 Å². The van der Waals surface area contributed by atoms with Crippen LogP contribution in [0.4, 0.5) is 0 Å². The van der Waals surface area contributed by atoms with Gasteiger partial charge in [0.2, 0.25) is 0 Å². The van der Waals surface area contributed by atoms with Crippen molar-refractivity contribution >= 4 is 10.9 Å². The Hall–Kier alpha value is -2.33. The predicted molar refractivity (Wildman–Crippen MR) is 82.4 cm³/mol. The van der Waals surface area contributed by atoms with Crippen LogP contribution in [0.3, 0.4) is 0 Å². The molecule has 0 fully saturated rings. The highest BCUT2D eigenvalue weighted by Gasteiger charge is 2.07. The lowest BCUT2D eigenvalue weighted by molar-refractivity contribution is 0.305. The van der Waals surface area contributed by atoms with Gasteiger partial charge in [0.05, 0.1) is 17.8 Å². The van der Waals surface area contributed by atoms with Gasteiger partial charge in [0.1, 0.15) is 18.1 Å². The number of ether oxygens (including phenoxy) is 1. The Bertz CT molecular complexity index is 690. The van der Waals surface area contributed by atoms with Gasteiger partial charge in [-0.3, -0.25) is 4.98 Å². The number of nitrogens with zero attached hydrogens (tertiary/aromatic N) is 1. The number of aromatic nitrogens is 1. The van der Waals surface area contributed by atoms with Crippen LogP contribution in [0.2, 0.25) is 0 Å². The molecular formula is C17H18N2O2. The second-order valence-corrected chi connectivity index (χ2v) is 4.87. The Morgan fingerprint density at radius 2 is 2.14 bits per heavy atom. The van der Waals surface area contributed by atoms with Gasteiger partial charge in [-0.25, -0.2) is 0 Å². The summed E-state index contributed by atoms with van der Waals surface area (Å²) in [5, 5.41) is 4.41. The molecule has 1 atom stereocenters. The van der Waals surface area contributed by atoms with Gasteiger partial charge < -0.3 is 14.5 Å². The van der Waals surface area contributed by atoms with Gasteiger partial charge in [0.25, 0.3) is 0 Å². The summed E-state index contributed by atoms with van der Waals surface area (Å²) in [6.07, 6.45) is 3.48. The molecule has 0 saturated heterocycles. The fraction of sp³-hybridized carbons (Fsp3) is 0.235. The highest BCUT2D eigenvalue weighted by molar-refractivity contribution is 5.84. The zero-order valence-electron chi connectivity index (χ0n) is 12.0. The van der Waals surface area contributed by atoms with Crippen LogP contribution < -0.4 is 10.1 Å². The molecule has 0 bridgehead atoms. The van der Waals surface area contributed by atoms with Crippen LogP contribution >= 0.6 is 0 Å². The highest BCUT2D eigenvalue weighted by Crippen LogP contribution is 2.23. The quantitative estimate of drug-likeness (QED) is 0.702. The molecule has 1 aromatic carbocycles. The molecule has 2 heterocycles. The van der Waals surface area contributed by atoms with E-state index in [4.69, 9.17) is 9.15 Å². The summed E-state index contributed by atoms with van der Waals surface area (Å²) in [7, 11) is 0. The van der Waals surface area contributed by atoms with E-state index >= 15 is 0 Å². The Labute approximate surface area is 123 Å². The smallest absolute Gasteiger partial charge is 0.128 e. The number of rotatable bonds is 6. The van der Waals surface area contributed by atoms with Crippen molar-refractivity contribution in [2.75, 3.05) is 13.2 Å². The molecule has 0 spiro atoms. The Morgan fingerprint density at radius 3 is 3.00 bits per heavy atom. The standard InChI is InChI=1S/C17H18N2O2/c1-13(16-8-4-11-20-16)18-10-12-21-17-7-2-6-15-14(17)5-3-9-19-15/h2-9,11,13,18H,10,12H2,1H3. The van der Waals surface area contributed by atoms with Gasteiger partial charge in [0.15, 0.2) is 0 Å². The molecule has 21 heavy (non-hydrogen) atoms. The molecule has 3 rings (SSSR count). The average molecular weight is 282 g/mol. The third-order valence-electron chi connectivity index (χ3n) is 3.39. The van der Waals surface area contributed by atoms with Gasteiger partial charge in [-0.1, -0.05) is 6.07 Å². The van der Waals surface area contributed by atoms with E-state index in [1.165, 1.54) is 0 Å². The number of furan rings is 1. The summed E-state index contributed by atoms with van der Waals surface area (Å²) in [6.45, 7) is 3.41. The molecule has 108 valence electrons. The third kappa shape index (κ3) is 3.23. The van der Waals surface area contributed by atoms with Crippen molar-refractivity contribution in [2.45, 2.75) is 13.0 Å². The highest BCUT2D eigenvalue weighted by atomic mass is 16.5. The third-order valence-corrected chi connectivity index (χ3v) is 3.39. The number of nitrogens with one attached hydrogen (secondary N) is 1. The fourth-order valence-electron chi connectivity index (χ4n) is 2.28. The summed E-state index contributed by atoms with van der Waals surface area (Å²) in [5.41, 5.74) is 0.951. The minimum atomic E-state index is 0.179. The van der Waals surface area contributed by atoms with Crippen molar-refractivity contribution in [3.8, 4) is 5.75 Å². The molecule has 1 N–H and O–H groups in total. The zero-order chi connectivity index (χ0) is 14.5. The number of benzene rings is 1. The average Bonchev–Trinajstić information content (AvgIpc) is 3.06. The van der Waals surface area contributed by atoms with Crippen LogP contribution in [0.1, 0.15) is 18.7 Å². The first-order valence-electron chi connectivity index (χ1n) is 7.08. The topological polar surface area (TPSA) is 47.3 Å². The molecule has 1 unspecified atom stereocenters. The lowest BCUT2D eigenvalue weighted by Gasteiger charge is -2.13. The van der Waals surface area contributed by atoms with E-state index in [1.807, 2.05) is 42.5 Å². The maximum atomic E-state index is 5.85. The van der Waals surface area contributed by atoms with Crippen molar-refractivity contribution in [2.24, 2.45) is 0 Å². The maximum Gasteiger partial charge on any atom is 0.128 e. The normalized spacial score (nSPS) is 12.4. The molecule has 4 nitrogen and oxygen atoms in total. The minimum Gasteiger partial charge on any atom is -0.492 e. The zero-order valence-corrected chi connectivity index (χ0v) is 12.0. The Morgan fingerprint density at radius 1 is 1.19 bits per heavy atom. The first kappa shape index (κ1) is 13.6. The number of hydrogen-bond acceptors (Lipinski definition) is 4. The van der Waals surface area contributed by atoms with Crippen LogP contribution in [0.15, 0.2) is 59.3 Å². The van der Waals surface area contributed by atoms with E-state index in [0.717, 1.165) is 29.0 Å². The number of hydrogen-bond donors (Lipinski definition) is 1. The van der Waals surface area contributed by atoms with E-state index in [-0.39, 0.29) is 6.04 Å². The molecule has 0 saturated carbocycles. The van der Waals surface area contributed by atoms with E-state index in [9.17, 15) is 0 Å². The predicted octanol–water partition coefficient (Wildman–Crippen LogP) is 3.56. The summed E-state index contributed by atoms with van der Waals surface area (Å²) < 4.78 is 11.2. The van der Waals surface area contributed by atoms with Gasteiger partial charge in [0, 0.05) is 18.1 Å². The van der Waals surface area contributed by atoms with Gasteiger partial charge in [-0.05, 0) is 43.3 Å². The van der Waals surface area contributed by atoms with E-state index in [0.29, 0.717) is 6.61 Å². The molecule has 2 aromatic heterocycles. The number of pyridine rings is 1. The lowest BCUT2D eigenvalue weighted by Crippen LogP contribution is -2.24. The molecular weight excluding hydrogens is 264 g/mol. The monoisotopic (exact) mass is 282 g/mol. The van der Waals surface area contributed by atoms with Crippen LogP contribution in [0.5, 0.6) is 5.75 Å². The molecule has 0 aliphatic carbocycles. The Kier molecular flexibility index (Phi) is 4.17. The molecule has 4 heteroatoms. The SMILES string of the molecule is CC(NCCOc1cccc2ncccc12)c1ccco1. The van der Waals surface area contributed by atoms with E-state index in [2.05, 4.69) is 17.2 Å². The van der Waals surface area contributed by atoms with Gasteiger partial charge >= 0.3 is 0 Å². The molecule has 0 radical (unpaired) electrons. The van der Waals surface area contributed by atoms with E-state index in [1.54, 1.807) is 12.5 Å². The second-order valence-electron chi connectivity index (χ2n) is 4.87. The first-order chi connectivity index (χ1) is 10.3. The molecule has 0 aliphatic heterocycles. The summed E-state index contributed by atoms with van der Waals surface area (Å²) >= 11 is 0. The van der Waals surface area contributed by atoms with Crippen LogP contribution in [-0.2, 0) is 0 Å². The molecule has 3 aromatic rings. The Balaban J connectivity index is 1.55. The second kappa shape index (κ2) is 6.41. The van der Waals surface area contributed by atoms with Crippen LogP contribution in [0.25, 0.3) is 10.9 Å².